The predicted molar refractivity (Wildman–Crippen MR) is 73.1 cm³/mol. The molecule has 1 saturated carbocycles. The van der Waals surface area contributed by atoms with Gasteiger partial charge in [0.2, 0.25) is 0 Å². The Kier molecular flexibility index (Phi) is 4.23. The van der Waals surface area contributed by atoms with Gasteiger partial charge in [-0.05, 0) is 18.9 Å². The van der Waals surface area contributed by atoms with E-state index in [0.717, 1.165) is 12.8 Å². The maximum Gasteiger partial charge on any atom is 0.255 e. The van der Waals surface area contributed by atoms with Crippen LogP contribution in [0, 0.1) is 11.3 Å². The van der Waals surface area contributed by atoms with Gasteiger partial charge in [-0.15, -0.1) is 0 Å². The molecule has 0 atom stereocenters. The van der Waals surface area contributed by atoms with E-state index in [9.17, 15) is 4.79 Å². The fourth-order valence-electron chi connectivity index (χ4n) is 1.91. The number of aromatic nitrogens is 1. The lowest BCUT2D eigenvalue weighted by Gasteiger charge is -2.21. The molecule has 0 saturated heterocycles. The first kappa shape index (κ1) is 13.6. The molecule has 1 fully saturated rings. The molecule has 0 aromatic carbocycles. The number of nitrogens with one attached hydrogen (secondary N) is 1. The number of hydrogen-bond acceptors (Lipinski definition) is 4. The Bertz CT molecular complexity index is 522. The first-order valence-corrected chi connectivity index (χ1v) is 6.56. The fraction of sp³-hybridized carbons (Fsp3) is 0.462. The van der Waals surface area contributed by atoms with Gasteiger partial charge in [-0.2, -0.15) is 5.26 Å². The number of pyridine rings is 1. The average Bonchev–Trinajstić information content (AvgIpc) is 3.23. The van der Waals surface area contributed by atoms with Crippen molar-refractivity contribution in [3.8, 4) is 6.07 Å². The first-order valence-electron chi connectivity index (χ1n) is 6.18. The summed E-state index contributed by atoms with van der Waals surface area (Å²) in [5.41, 5.74) is 0.467. The second-order valence-corrected chi connectivity index (χ2v) is 4.85. The number of amides is 1. The minimum absolute atomic E-state index is 0.102. The Hall–Kier alpha value is -1.80. The molecule has 0 aliphatic heterocycles. The second-order valence-electron chi connectivity index (χ2n) is 4.44. The summed E-state index contributed by atoms with van der Waals surface area (Å²) in [6, 6.07) is 3.95. The van der Waals surface area contributed by atoms with Crippen LogP contribution in [-0.2, 0) is 0 Å². The quantitative estimate of drug-likeness (QED) is 0.897. The maximum absolute atomic E-state index is 12.4. The van der Waals surface area contributed by atoms with Crippen molar-refractivity contribution in [2.45, 2.75) is 25.3 Å². The number of halogens is 1. The number of carbonyl (C=O) groups is 1. The average molecular weight is 279 g/mol. The largest absolute Gasteiger partial charge is 0.372 e. The number of nitriles is 1. The molecule has 5 nitrogen and oxygen atoms in total. The van der Waals surface area contributed by atoms with Crippen LogP contribution in [0.15, 0.2) is 12.3 Å². The van der Waals surface area contributed by atoms with Crippen LogP contribution in [0.1, 0.15) is 29.6 Å². The van der Waals surface area contributed by atoms with Gasteiger partial charge in [-0.1, -0.05) is 11.6 Å². The van der Waals surface area contributed by atoms with Gasteiger partial charge in [0, 0.05) is 25.8 Å². The molecular weight excluding hydrogens is 264 g/mol. The molecule has 0 bridgehead atoms. The molecule has 1 aromatic heterocycles. The molecule has 0 unspecified atom stereocenters. The molecule has 19 heavy (non-hydrogen) atoms. The summed E-state index contributed by atoms with van der Waals surface area (Å²) in [7, 11) is 1.72. The molecular formula is C13H15ClN4O. The molecule has 1 N–H and O–H groups in total. The lowest BCUT2D eigenvalue weighted by Crippen LogP contribution is -2.34. The van der Waals surface area contributed by atoms with Crippen LogP contribution in [-0.4, -0.2) is 35.4 Å². The summed E-state index contributed by atoms with van der Waals surface area (Å²) >= 11 is 6.03. The summed E-state index contributed by atoms with van der Waals surface area (Å²) in [5, 5.41) is 11.9. The SMILES string of the molecule is CNc1ncc(C(=O)N(CCC#N)C2CC2)cc1Cl. The van der Waals surface area contributed by atoms with Gasteiger partial charge in [0.15, 0.2) is 0 Å². The van der Waals surface area contributed by atoms with Crippen LogP contribution in [0.5, 0.6) is 0 Å². The van der Waals surface area contributed by atoms with E-state index < -0.39 is 0 Å². The van der Waals surface area contributed by atoms with E-state index in [1.807, 2.05) is 0 Å². The lowest BCUT2D eigenvalue weighted by molar-refractivity contribution is 0.0746. The van der Waals surface area contributed by atoms with Crippen LogP contribution in [0.25, 0.3) is 0 Å². The van der Waals surface area contributed by atoms with Gasteiger partial charge in [0.05, 0.1) is 23.1 Å². The topological polar surface area (TPSA) is 69.0 Å². The highest BCUT2D eigenvalue weighted by Crippen LogP contribution is 2.29. The van der Waals surface area contributed by atoms with E-state index in [0.29, 0.717) is 29.4 Å². The van der Waals surface area contributed by atoms with Crippen molar-refractivity contribution in [2.24, 2.45) is 0 Å². The Morgan fingerprint density at radius 1 is 1.68 bits per heavy atom. The summed E-state index contributed by atoms with van der Waals surface area (Å²) in [5.74, 6) is 0.447. The molecule has 100 valence electrons. The van der Waals surface area contributed by atoms with Crippen LogP contribution in [0.3, 0.4) is 0 Å². The van der Waals surface area contributed by atoms with Crippen molar-refractivity contribution >= 4 is 23.3 Å². The van der Waals surface area contributed by atoms with Crippen LogP contribution >= 0.6 is 11.6 Å². The summed E-state index contributed by atoms with van der Waals surface area (Å²) < 4.78 is 0. The highest BCUT2D eigenvalue weighted by atomic mass is 35.5. The van der Waals surface area contributed by atoms with E-state index >= 15 is 0 Å². The van der Waals surface area contributed by atoms with Gasteiger partial charge < -0.3 is 10.2 Å². The zero-order chi connectivity index (χ0) is 13.8. The number of anilines is 1. The Labute approximate surface area is 117 Å². The molecule has 1 aliphatic carbocycles. The minimum atomic E-state index is -0.102. The number of hydrogen-bond donors (Lipinski definition) is 1. The minimum Gasteiger partial charge on any atom is -0.372 e. The van der Waals surface area contributed by atoms with E-state index in [-0.39, 0.29) is 11.9 Å². The Morgan fingerprint density at radius 3 is 2.95 bits per heavy atom. The molecule has 0 radical (unpaired) electrons. The third-order valence-electron chi connectivity index (χ3n) is 3.04. The third-order valence-corrected chi connectivity index (χ3v) is 3.33. The third kappa shape index (κ3) is 3.15. The Morgan fingerprint density at radius 2 is 2.42 bits per heavy atom. The van der Waals surface area contributed by atoms with Gasteiger partial charge in [0.25, 0.3) is 5.91 Å². The molecule has 6 heteroatoms. The number of carbonyl (C=O) groups excluding carboxylic acids is 1. The normalized spacial score (nSPS) is 13.7. The molecule has 0 spiro atoms. The van der Waals surface area contributed by atoms with E-state index in [1.165, 1.54) is 6.20 Å². The zero-order valence-electron chi connectivity index (χ0n) is 10.7. The van der Waals surface area contributed by atoms with Crippen LogP contribution in [0.2, 0.25) is 5.02 Å². The Balaban J connectivity index is 2.17. The summed E-state index contributed by atoms with van der Waals surface area (Å²) in [6.07, 6.45) is 3.87. The van der Waals surface area contributed by atoms with Crippen molar-refractivity contribution in [1.29, 1.82) is 5.26 Å². The van der Waals surface area contributed by atoms with Crippen LogP contribution < -0.4 is 5.32 Å². The van der Waals surface area contributed by atoms with Crippen molar-refractivity contribution in [3.63, 3.8) is 0 Å². The van der Waals surface area contributed by atoms with Gasteiger partial charge in [-0.3, -0.25) is 4.79 Å². The van der Waals surface area contributed by atoms with Crippen molar-refractivity contribution in [2.75, 3.05) is 18.9 Å². The highest BCUT2D eigenvalue weighted by molar-refractivity contribution is 6.33. The second kappa shape index (κ2) is 5.89. The zero-order valence-corrected chi connectivity index (χ0v) is 11.4. The smallest absolute Gasteiger partial charge is 0.255 e. The van der Waals surface area contributed by atoms with E-state index in [1.54, 1.807) is 18.0 Å². The highest BCUT2D eigenvalue weighted by Gasteiger charge is 2.32. The predicted octanol–water partition coefficient (Wildman–Crippen LogP) is 2.29. The monoisotopic (exact) mass is 278 g/mol. The van der Waals surface area contributed by atoms with Crippen molar-refractivity contribution in [1.82, 2.24) is 9.88 Å². The van der Waals surface area contributed by atoms with Crippen molar-refractivity contribution < 1.29 is 4.79 Å². The fourth-order valence-corrected chi connectivity index (χ4v) is 2.17. The van der Waals surface area contributed by atoms with Gasteiger partial charge in [0.1, 0.15) is 5.82 Å². The first-order chi connectivity index (χ1) is 9.17. The number of nitrogens with zero attached hydrogens (tertiary/aromatic N) is 3. The maximum atomic E-state index is 12.4. The van der Waals surface area contributed by atoms with Crippen molar-refractivity contribution in [3.05, 3.63) is 22.8 Å². The van der Waals surface area contributed by atoms with Gasteiger partial charge in [-0.25, -0.2) is 4.98 Å². The molecule has 2 rings (SSSR count). The lowest BCUT2D eigenvalue weighted by atomic mass is 10.2. The van der Waals surface area contributed by atoms with Crippen LogP contribution in [0.4, 0.5) is 5.82 Å². The molecule has 1 amide bonds. The van der Waals surface area contributed by atoms with Gasteiger partial charge >= 0.3 is 0 Å². The number of rotatable bonds is 5. The van der Waals surface area contributed by atoms with E-state index in [2.05, 4.69) is 16.4 Å². The van der Waals surface area contributed by atoms with E-state index in [4.69, 9.17) is 16.9 Å². The molecule has 1 aliphatic rings. The molecule has 1 aromatic rings. The standard InChI is InChI=1S/C13H15ClN4O/c1-16-12-11(14)7-9(8-17-12)13(19)18(6-2-5-15)10-3-4-10/h7-8,10H,2-4,6H2,1H3,(H,16,17). The summed E-state index contributed by atoms with van der Waals surface area (Å²) in [6.45, 7) is 0.464. The molecule has 1 heterocycles. The summed E-state index contributed by atoms with van der Waals surface area (Å²) in [4.78, 5) is 18.2.